The first kappa shape index (κ1) is 17.0. The number of hydrogen-bond acceptors (Lipinski definition) is 4. The molecule has 4 N–H and O–H groups in total. The van der Waals surface area contributed by atoms with Crippen LogP contribution in [-0.2, 0) is 0 Å². The number of hydrogen-bond donors (Lipinski definition) is 4. The zero-order chi connectivity index (χ0) is 18.8. The van der Waals surface area contributed by atoms with Crippen LogP contribution in [0.4, 0.5) is 0 Å². The minimum atomic E-state index is -0.473. The number of H-pyrrole nitrogens is 2. The molecule has 0 spiro atoms. The zero-order valence-electron chi connectivity index (χ0n) is 14.7. The van der Waals surface area contributed by atoms with E-state index in [9.17, 15) is 9.90 Å². The Kier molecular flexibility index (Phi) is 4.43. The largest absolute Gasteiger partial charge is 0.394 e. The van der Waals surface area contributed by atoms with Crippen LogP contribution in [0.25, 0.3) is 22.3 Å². The van der Waals surface area contributed by atoms with Gasteiger partial charge in [-0.3, -0.25) is 4.79 Å². The average Bonchev–Trinajstić information content (AvgIpc) is 3.35. The molecule has 1 atom stereocenters. The summed E-state index contributed by atoms with van der Waals surface area (Å²) < 4.78 is 0. The van der Waals surface area contributed by atoms with E-state index >= 15 is 0 Å². The van der Waals surface area contributed by atoms with Gasteiger partial charge in [0.15, 0.2) is 0 Å². The van der Waals surface area contributed by atoms with Crippen molar-refractivity contribution in [3.05, 3.63) is 71.9 Å². The Hall–Kier alpha value is -3.45. The van der Waals surface area contributed by atoms with Gasteiger partial charge in [0.05, 0.1) is 18.3 Å². The molecular formula is C20H19N5O2. The molecule has 0 bridgehead atoms. The highest BCUT2D eigenvalue weighted by molar-refractivity contribution is 5.96. The average molecular weight is 361 g/mol. The molecule has 0 fully saturated rings. The number of carbonyl (C=O) groups excluding carboxylic acids is 1. The molecule has 4 rings (SSSR count). The number of rotatable bonds is 5. The molecule has 136 valence electrons. The van der Waals surface area contributed by atoms with Gasteiger partial charge < -0.3 is 20.4 Å². The van der Waals surface area contributed by atoms with Crippen molar-refractivity contribution in [2.75, 3.05) is 6.61 Å². The molecule has 7 heteroatoms. The second-order valence-corrected chi connectivity index (χ2v) is 6.39. The molecule has 3 aromatic heterocycles. The number of aliphatic hydroxyl groups is 1. The Morgan fingerprint density at radius 3 is 2.93 bits per heavy atom. The molecule has 0 aliphatic heterocycles. The summed E-state index contributed by atoms with van der Waals surface area (Å²) >= 11 is 0. The number of aromatic amines is 2. The Morgan fingerprint density at radius 1 is 1.22 bits per heavy atom. The van der Waals surface area contributed by atoms with Gasteiger partial charge in [-0.1, -0.05) is 29.8 Å². The Morgan fingerprint density at radius 2 is 2.11 bits per heavy atom. The van der Waals surface area contributed by atoms with Crippen molar-refractivity contribution in [1.82, 2.24) is 25.3 Å². The number of aryl methyl sites for hydroxylation is 1. The lowest BCUT2D eigenvalue weighted by atomic mass is 10.0. The van der Waals surface area contributed by atoms with Gasteiger partial charge in [0, 0.05) is 23.3 Å². The maximum absolute atomic E-state index is 12.6. The minimum absolute atomic E-state index is 0.182. The van der Waals surface area contributed by atoms with E-state index in [-0.39, 0.29) is 12.5 Å². The van der Waals surface area contributed by atoms with E-state index in [2.05, 4.69) is 25.3 Å². The van der Waals surface area contributed by atoms with Gasteiger partial charge in [0.1, 0.15) is 17.7 Å². The highest BCUT2D eigenvalue weighted by Gasteiger charge is 2.17. The lowest BCUT2D eigenvalue weighted by Gasteiger charge is -2.16. The fourth-order valence-corrected chi connectivity index (χ4v) is 3.12. The van der Waals surface area contributed by atoms with Crippen LogP contribution in [0.5, 0.6) is 0 Å². The van der Waals surface area contributed by atoms with Crippen molar-refractivity contribution in [2.24, 2.45) is 0 Å². The highest BCUT2D eigenvalue weighted by atomic mass is 16.3. The number of carbonyl (C=O) groups is 1. The summed E-state index contributed by atoms with van der Waals surface area (Å²) in [6, 6.07) is 10.9. The fraction of sp³-hybridized carbons (Fsp3) is 0.150. The lowest BCUT2D eigenvalue weighted by Crippen LogP contribution is -2.31. The van der Waals surface area contributed by atoms with Gasteiger partial charge in [0.25, 0.3) is 5.91 Å². The second kappa shape index (κ2) is 7.05. The Balaban J connectivity index is 1.57. The van der Waals surface area contributed by atoms with Crippen molar-refractivity contribution in [2.45, 2.75) is 13.0 Å². The molecule has 1 aromatic carbocycles. The normalized spacial score (nSPS) is 12.2. The molecule has 1 unspecified atom stereocenters. The summed E-state index contributed by atoms with van der Waals surface area (Å²) in [7, 11) is 0. The lowest BCUT2D eigenvalue weighted by molar-refractivity contribution is 0.0911. The number of fused-ring (bicyclic) bond motifs is 1. The number of benzene rings is 1. The molecule has 0 radical (unpaired) electrons. The third-order valence-electron chi connectivity index (χ3n) is 4.49. The van der Waals surface area contributed by atoms with Crippen LogP contribution in [0.1, 0.15) is 27.7 Å². The van der Waals surface area contributed by atoms with Crippen LogP contribution in [-0.4, -0.2) is 37.6 Å². The second-order valence-electron chi connectivity index (χ2n) is 6.39. The van der Waals surface area contributed by atoms with E-state index < -0.39 is 6.04 Å². The van der Waals surface area contributed by atoms with Crippen molar-refractivity contribution in [1.29, 1.82) is 0 Å². The summed E-state index contributed by atoms with van der Waals surface area (Å²) in [6.07, 6.45) is 5.03. The molecule has 0 saturated carbocycles. The summed E-state index contributed by atoms with van der Waals surface area (Å²) in [4.78, 5) is 27.2. The van der Waals surface area contributed by atoms with Crippen molar-refractivity contribution in [3.8, 4) is 11.3 Å². The van der Waals surface area contributed by atoms with Crippen LogP contribution < -0.4 is 5.32 Å². The first-order valence-corrected chi connectivity index (χ1v) is 8.61. The Labute approximate surface area is 155 Å². The third kappa shape index (κ3) is 3.32. The standard InChI is InChI=1S/C20H19N5O2/c1-12-3-2-4-13(7-12)17(10-26)25-20(27)16-8-14(9-22-16)18-15-5-6-21-19(15)24-11-23-18/h2-9,11,17,22,26H,10H2,1H3,(H,25,27)(H,21,23,24). The van der Waals surface area contributed by atoms with Gasteiger partial charge in [-0.2, -0.15) is 0 Å². The molecular weight excluding hydrogens is 342 g/mol. The third-order valence-corrected chi connectivity index (χ3v) is 4.49. The SMILES string of the molecule is Cc1cccc(C(CO)NC(=O)c2cc(-c3ncnc4[nH]ccc34)c[nH]2)c1. The number of amides is 1. The number of nitrogens with zero attached hydrogens (tertiary/aromatic N) is 2. The van der Waals surface area contributed by atoms with Gasteiger partial charge in [-0.05, 0) is 24.6 Å². The molecule has 0 saturated heterocycles. The summed E-state index contributed by atoms with van der Waals surface area (Å²) in [5.74, 6) is -0.291. The number of aliphatic hydroxyl groups excluding tert-OH is 1. The molecule has 0 aliphatic carbocycles. The van der Waals surface area contributed by atoms with Gasteiger partial charge in [-0.15, -0.1) is 0 Å². The molecule has 0 aliphatic rings. The van der Waals surface area contributed by atoms with Crippen molar-refractivity contribution in [3.63, 3.8) is 0 Å². The minimum Gasteiger partial charge on any atom is -0.394 e. The molecule has 27 heavy (non-hydrogen) atoms. The van der Waals surface area contributed by atoms with E-state index in [1.54, 1.807) is 18.5 Å². The smallest absolute Gasteiger partial charge is 0.268 e. The van der Waals surface area contributed by atoms with Gasteiger partial charge in [0.2, 0.25) is 0 Å². The maximum Gasteiger partial charge on any atom is 0.268 e. The van der Waals surface area contributed by atoms with Crippen LogP contribution in [0.2, 0.25) is 0 Å². The molecule has 3 heterocycles. The molecule has 4 aromatic rings. The van der Waals surface area contributed by atoms with Crippen LogP contribution >= 0.6 is 0 Å². The maximum atomic E-state index is 12.6. The number of aromatic nitrogens is 4. The molecule has 1 amide bonds. The van der Waals surface area contributed by atoms with Crippen LogP contribution in [0.3, 0.4) is 0 Å². The van der Waals surface area contributed by atoms with E-state index in [1.165, 1.54) is 6.33 Å². The van der Waals surface area contributed by atoms with Gasteiger partial charge >= 0.3 is 0 Å². The highest BCUT2D eigenvalue weighted by Crippen LogP contribution is 2.25. The fourth-order valence-electron chi connectivity index (χ4n) is 3.12. The predicted molar refractivity (Wildman–Crippen MR) is 102 cm³/mol. The monoisotopic (exact) mass is 361 g/mol. The summed E-state index contributed by atoms with van der Waals surface area (Å²) in [6.45, 7) is 1.79. The van der Waals surface area contributed by atoms with Crippen LogP contribution in [0.15, 0.2) is 55.1 Å². The van der Waals surface area contributed by atoms with E-state index in [4.69, 9.17) is 0 Å². The first-order chi connectivity index (χ1) is 13.2. The van der Waals surface area contributed by atoms with E-state index in [0.29, 0.717) is 5.69 Å². The number of nitrogens with one attached hydrogen (secondary N) is 3. The summed E-state index contributed by atoms with van der Waals surface area (Å²) in [5, 5.41) is 13.4. The quantitative estimate of drug-likeness (QED) is 0.438. The van der Waals surface area contributed by atoms with E-state index in [1.807, 2.05) is 37.3 Å². The van der Waals surface area contributed by atoms with Crippen LogP contribution in [0, 0.1) is 6.92 Å². The zero-order valence-corrected chi connectivity index (χ0v) is 14.7. The Bertz CT molecular complexity index is 1100. The first-order valence-electron chi connectivity index (χ1n) is 8.61. The topological polar surface area (TPSA) is 107 Å². The van der Waals surface area contributed by atoms with Crippen molar-refractivity contribution < 1.29 is 9.90 Å². The predicted octanol–water partition coefficient (Wildman–Crippen LogP) is 2.72. The molecule has 7 nitrogen and oxygen atoms in total. The van der Waals surface area contributed by atoms with E-state index in [0.717, 1.165) is 33.4 Å². The van der Waals surface area contributed by atoms with Crippen molar-refractivity contribution >= 4 is 16.9 Å². The van der Waals surface area contributed by atoms with Gasteiger partial charge in [-0.25, -0.2) is 9.97 Å². The summed E-state index contributed by atoms with van der Waals surface area (Å²) in [5.41, 5.74) is 4.62.